The Morgan fingerprint density at radius 3 is 2.65 bits per heavy atom. The monoisotopic (exact) mass is 234 g/mol. The molecule has 0 aromatic heterocycles. The molecule has 1 aromatic rings. The van der Waals surface area contributed by atoms with Crippen molar-refractivity contribution in [2.24, 2.45) is 0 Å². The predicted octanol–water partition coefficient (Wildman–Crippen LogP) is 2.39. The number of hydrogen-bond acceptors (Lipinski definition) is 2. The van der Waals surface area contributed by atoms with E-state index in [1.807, 2.05) is 0 Å². The molecule has 0 amide bonds. The van der Waals surface area contributed by atoms with Crippen LogP contribution in [0.25, 0.3) is 0 Å². The topological polar surface area (TPSA) is 15.3 Å². The van der Waals surface area contributed by atoms with Gasteiger partial charge in [0.2, 0.25) is 0 Å². The molecule has 0 saturated carbocycles. The molecule has 1 N–H and O–H groups in total. The van der Waals surface area contributed by atoms with Crippen LogP contribution in [0.4, 0.5) is 0 Å². The van der Waals surface area contributed by atoms with Crippen molar-refractivity contribution in [2.75, 3.05) is 33.2 Å². The van der Waals surface area contributed by atoms with Crippen molar-refractivity contribution in [1.82, 2.24) is 10.2 Å². The highest BCUT2D eigenvalue weighted by atomic mass is 15.1. The molecule has 1 rings (SSSR count). The molecule has 0 aliphatic carbocycles. The molecule has 0 heterocycles. The summed E-state index contributed by atoms with van der Waals surface area (Å²) in [7, 11) is 2.16. The van der Waals surface area contributed by atoms with Gasteiger partial charge >= 0.3 is 0 Å². The van der Waals surface area contributed by atoms with E-state index >= 15 is 0 Å². The Hall–Kier alpha value is -0.860. The summed E-state index contributed by atoms with van der Waals surface area (Å²) in [5, 5.41) is 3.50. The highest BCUT2D eigenvalue weighted by Gasteiger charge is 1.99. The highest BCUT2D eigenvalue weighted by Crippen LogP contribution is 2.10. The summed E-state index contributed by atoms with van der Waals surface area (Å²) >= 11 is 0. The van der Waals surface area contributed by atoms with E-state index in [9.17, 15) is 0 Å². The first-order chi connectivity index (χ1) is 8.13. The second-order valence-electron chi connectivity index (χ2n) is 4.83. The number of hydrogen-bond donors (Lipinski definition) is 1. The molecular weight excluding hydrogens is 208 g/mol. The first kappa shape index (κ1) is 14.2. The molecule has 0 spiro atoms. The average molecular weight is 234 g/mol. The first-order valence-electron chi connectivity index (χ1n) is 6.59. The van der Waals surface area contributed by atoms with E-state index in [-0.39, 0.29) is 0 Å². The third-order valence-corrected chi connectivity index (χ3v) is 3.29. The lowest BCUT2D eigenvalue weighted by atomic mass is 10.0. The van der Waals surface area contributed by atoms with E-state index in [4.69, 9.17) is 0 Å². The maximum atomic E-state index is 3.50. The lowest BCUT2D eigenvalue weighted by Gasteiger charge is -2.14. The summed E-state index contributed by atoms with van der Waals surface area (Å²) in [5.74, 6) is 0. The van der Waals surface area contributed by atoms with Crippen molar-refractivity contribution in [3.63, 3.8) is 0 Å². The fourth-order valence-electron chi connectivity index (χ4n) is 1.85. The van der Waals surface area contributed by atoms with Crippen LogP contribution in [0.1, 0.15) is 23.6 Å². The van der Waals surface area contributed by atoms with Crippen LogP contribution in [-0.4, -0.2) is 38.1 Å². The van der Waals surface area contributed by atoms with Crippen molar-refractivity contribution in [1.29, 1.82) is 0 Å². The molecule has 2 heteroatoms. The Bertz CT molecular complexity index is 334. The first-order valence-corrected chi connectivity index (χ1v) is 6.59. The van der Waals surface area contributed by atoms with E-state index in [0.29, 0.717) is 0 Å². The van der Waals surface area contributed by atoms with Crippen LogP contribution in [0.15, 0.2) is 18.2 Å². The Balaban J connectivity index is 2.24. The van der Waals surface area contributed by atoms with Crippen molar-refractivity contribution < 1.29 is 0 Å². The number of likely N-dealkylation sites (N-methyl/N-ethyl adjacent to an activating group) is 1. The van der Waals surface area contributed by atoms with Gasteiger partial charge in [-0.15, -0.1) is 0 Å². The van der Waals surface area contributed by atoms with Gasteiger partial charge in [-0.3, -0.25) is 0 Å². The standard InChI is InChI=1S/C15H26N2/c1-5-17(4)11-10-16-9-8-15-12-13(2)6-7-14(15)3/h6-7,12,16H,5,8-11H2,1-4H3. The van der Waals surface area contributed by atoms with Crippen LogP contribution < -0.4 is 5.32 Å². The molecule has 17 heavy (non-hydrogen) atoms. The maximum Gasteiger partial charge on any atom is 0.0104 e. The van der Waals surface area contributed by atoms with Gasteiger partial charge in [-0.1, -0.05) is 30.7 Å². The van der Waals surface area contributed by atoms with Gasteiger partial charge in [0.25, 0.3) is 0 Å². The van der Waals surface area contributed by atoms with Gasteiger partial charge in [0.15, 0.2) is 0 Å². The van der Waals surface area contributed by atoms with E-state index in [1.54, 1.807) is 0 Å². The van der Waals surface area contributed by atoms with Crippen LogP contribution in [0, 0.1) is 13.8 Å². The summed E-state index contributed by atoms with van der Waals surface area (Å²) < 4.78 is 0. The average Bonchev–Trinajstić information content (AvgIpc) is 2.32. The second kappa shape index (κ2) is 7.46. The fourth-order valence-corrected chi connectivity index (χ4v) is 1.85. The Morgan fingerprint density at radius 2 is 1.94 bits per heavy atom. The smallest absolute Gasteiger partial charge is 0.0104 e. The van der Waals surface area contributed by atoms with Gasteiger partial charge in [0, 0.05) is 13.1 Å². The van der Waals surface area contributed by atoms with Crippen LogP contribution >= 0.6 is 0 Å². The Kier molecular flexibility index (Phi) is 6.23. The second-order valence-corrected chi connectivity index (χ2v) is 4.83. The quantitative estimate of drug-likeness (QED) is 0.729. The molecule has 2 nitrogen and oxygen atoms in total. The molecule has 0 unspecified atom stereocenters. The van der Waals surface area contributed by atoms with E-state index in [2.05, 4.69) is 56.2 Å². The van der Waals surface area contributed by atoms with Gasteiger partial charge in [0.05, 0.1) is 0 Å². The highest BCUT2D eigenvalue weighted by molar-refractivity contribution is 5.30. The zero-order valence-corrected chi connectivity index (χ0v) is 11.7. The molecule has 0 fully saturated rings. The third-order valence-electron chi connectivity index (χ3n) is 3.29. The van der Waals surface area contributed by atoms with Crippen LogP contribution in [-0.2, 0) is 6.42 Å². The molecule has 0 radical (unpaired) electrons. The Labute approximate surface area is 106 Å². The van der Waals surface area contributed by atoms with Crippen molar-refractivity contribution in [3.8, 4) is 0 Å². The predicted molar refractivity (Wildman–Crippen MR) is 75.7 cm³/mol. The van der Waals surface area contributed by atoms with Crippen LogP contribution in [0.2, 0.25) is 0 Å². The van der Waals surface area contributed by atoms with Crippen molar-refractivity contribution in [2.45, 2.75) is 27.2 Å². The number of nitrogens with one attached hydrogen (secondary N) is 1. The molecule has 0 aliphatic heterocycles. The SMILES string of the molecule is CCN(C)CCNCCc1cc(C)ccc1C. The summed E-state index contributed by atoms with van der Waals surface area (Å²) in [6, 6.07) is 6.70. The van der Waals surface area contributed by atoms with Crippen LogP contribution in [0.3, 0.4) is 0 Å². The summed E-state index contributed by atoms with van der Waals surface area (Å²) in [6.45, 7) is 10.9. The molecule has 96 valence electrons. The zero-order valence-electron chi connectivity index (χ0n) is 11.7. The minimum absolute atomic E-state index is 1.07. The summed E-state index contributed by atoms with van der Waals surface area (Å²) in [5.41, 5.74) is 4.24. The number of benzene rings is 1. The zero-order chi connectivity index (χ0) is 12.7. The van der Waals surface area contributed by atoms with E-state index in [0.717, 1.165) is 32.6 Å². The number of nitrogens with zero attached hydrogens (tertiary/aromatic N) is 1. The van der Waals surface area contributed by atoms with Gasteiger partial charge in [-0.25, -0.2) is 0 Å². The number of aryl methyl sites for hydroxylation is 2. The van der Waals surface area contributed by atoms with Gasteiger partial charge in [-0.05, 0) is 51.5 Å². The van der Waals surface area contributed by atoms with Crippen LogP contribution in [0.5, 0.6) is 0 Å². The normalized spacial score (nSPS) is 11.1. The summed E-state index contributed by atoms with van der Waals surface area (Å²) in [4.78, 5) is 2.32. The van der Waals surface area contributed by atoms with Gasteiger partial charge in [-0.2, -0.15) is 0 Å². The fraction of sp³-hybridized carbons (Fsp3) is 0.600. The van der Waals surface area contributed by atoms with Gasteiger partial charge < -0.3 is 10.2 Å². The molecule has 0 atom stereocenters. The molecular formula is C15H26N2. The number of rotatable bonds is 7. The van der Waals surface area contributed by atoms with Crippen molar-refractivity contribution >= 4 is 0 Å². The largest absolute Gasteiger partial charge is 0.315 e. The lowest BCUT2D eigenvalue weighted by Crippen LogP contribution is -2.30. The van der Waals surface area contributed by atoms with Gasteiger partial charge in [0.1, 0.15) is 0 Å². The molecule has 1 aromatic carbocycles. The minimum atomic E-state index is 1.07. The maximum absolute atomic E-state index is 3.50. The third kappa shape index (κ3) is 5.33. The minimum Gasteiger partial charge on any atom is -0.315 e. The molecule has 0 bridgehead atoms. The van der Waals surface area contributed by atoms with E-state index in [1.165, 1.54) is 16.7 Å². The Morgan fingerprint density at radius 1 is 1.18 bits per heavy atom. The summed E-state index contributed by atoms with van der Waals surface area (Å²) in [6.07, 6.45) is 1.13. The van der Waals surface area contributed by atoms with E-state index < -0.39 is 0 Å². The molecule has 0 aliphatic rings. The molecule has 0 saturated heterocycles. The lowest BCUT2D eigenvalue weighted by molar-refractivity contribution is 0.349. The van der Waals surface area contributed by atoms with Crippen molar-refractivity contribution in [3.05, 3.63) is 34.9 Å².